The Balaban J connectivity index is 1.69. The highest BCUT2D eigenvalue weighted by Gasteiger charge is 2.27. The summed E-state index contributed by atoms with van der Waals surface area (Å²) in [5.74, 6) is -0.781. The first kappa shape index (κ1) is 16.9. The number of amides is 4. The molecule has 0 unspecified atom stereocenters. The molecule has 0 aliphatic carbocycles. The van der Waals surface area contributed by atoms with Gasteiger partial charge in [0, 0.05) is 10.0 Å². The third kappa shape index (κ3) is 4.13. The van der Waals surface area contributed by atoms with Crippen molar-refractivity contribution in [2.45, 2.75) is 6.61 Å². The summed E-state index contributed by atoms with van der Waals surface area (Å²) in [5, 5.41) is 4.06. The Morgan fingerprint density at radius 1 is 0.920 bits per heavy atom. The number of benzene rings is 2. The lowest BCUT2D eigenvalue weighted by atomic mass is 10.1. The van der Waals surface area contributed by atoms with Gasteiger partial charge in [-0.1, -0.05) is 46.3 Å². The predicted molar refractivity (Wildman–Crippen MR) is 94.6 cm³/mol. The first-order chi connectivity index (χ1) is 12.0. The van der Waals surface area contributed by atoms with Crippen LogP contribution in [0.5, 0.6) is 5.75 Å². The number of ether oxygens (including phenoxy) is 1. The van der Waals surface area contributed by atoms with Crippen LogP contribution in [0.15, 0.2) is 58.6 Å². The van der Waals surface area contributed by atoms with Gasteiger partial charge in [0.15, 0.2) is 0 Å². The van der Waals surface area contributed by atoms with Crippen molar-refractivity contribution in [1.82, 2.24) is 10.6 Å². The second kappa shape index (κ2) is 7.31. The number of halogens is 1. The number of barbiturate groups is 1. The van der Waals surface area contributed by atoms with Gasteiger partial charge in [0.05, 0.1) is 0 Å². The fourth-order valence-electron chi connectivity index (χ4n) is 2.21. The number of rotatable bonds is 4. The zero-order valence-electron chi connectivity index (χ0n) is 12.9. The van der Waals surface area contributed by atoms with Gasteiger partial charge in [0.1, 0.15) is 17.9 Å². The van der Waals surface area contributed by atoms with Crippen LogP contribution in [0, 0.1) is 0 Å². The van der Waals surface area contributed by atoms with E-state index in [-0.39, 0.29) is 5.57 Å². The number of carbonyl (C=O) groups excluding carboxylic acids is 3. The van der Waals surface area contributed by atoms with Gasteiger partial charge >= 0.3 is 6.03 Å². The van der Waals surface area contributed by atoms with Gasteiger partial charge in [-0.05, 0) is 29.8 Å². The van der Waals surface area contributed by atoms with Crippen LogP contribution in [0.4, 0.5) is 4.79 Å². The summed E-state index contributed by atoms with van der Waals surface area (Å²) < 4.78 is 6.69. The smallest absolute Gasteiger partial charge is 0.328 e. The van der Waals surface area contributed by atoms with Gasteiger partial charge in [0.25, 0.3) is 11.8 Å². The summed E-state index contributed by atoms with van der Waals surface area (Å²) in [7, 11) is 0. The van der Waals surface area contributed by atoms with Gasteiger partial charge in [-0.2, -0.15) is 0 Å². The molecule has 0 radical (unpaired) electrons. The van der Waals surface area contributed by atoms with E-state index in [1.54, 1.807) is 24.3 Å². The van der Waals surface area contributed by atoms with Crippen molar-refractivity contribution in [2.75, 3.05) is 0 Å². The lowest BCUT2D eigenvalue weighted by molar-refractivity contribution is -0.123. The maximum Gasteiger partial charge on any atom is 0.328 e. The molecule has 6 nitrogen and oxygen atoms in total. The second-order valence-corrected chi connectivity index (χ2v) is 6.10. The van der Waals surface area contributed by atoms with Crippen molar-refractivity contribution < 1.29 is 19.1 Å². The number of hydrogen-bond donors (Lipinski definition) is 2. The number of hydrogen-bond acceptors (Lipinski definition) is 4. The maximum absolute atomic E-state index is 11.7. The van der Waals surface area contributed by atoms with Crippen molar-refractivity contribution in [3.63, 3.8) is 0 Å². The Hall–Kier alpha value is -2.93. The van der Waals surface area contributed by atoms with E-state index in [0.717, 1.165) is 10.0 Å². The van der Waals surface area contributed by atoms with Crippen LogP contribution in [0.2, 0.25) is 0 Å². The highest BCUT2D eigenvalue weighted by Crippen LogP contribution is 2.20. The molecular formula is C18H13BrN2O4. The topological polar surface area (TPSA) is 84.5 Å². The van der Waals surface area contributed by atoms with Gasteiger partial charge in [-0.3, -0.25) is 20.2 Å². The second-order valence-electron chi connectivity index (χ2n) is 5.24. The minimum atomic E-state index is -0.817. The highest BCUT2D eigenvalue weighted by molar-refractivity contribution is 9.10. The van der Waals surface area contributed by atoms with Crippen LogP contribution in [-0.2, 0) is 16.2 Å². The molecule has 1 saturated heterocycles. The van der Waals surface area contributed by atoms with Crippen molar-refractivity contribution in [3.8, 4) is 5.75 Å². The van der Waals surface area contributed by atoms with Gasteiger partial charge in [-0.25, -0.2) is 4.79 Å². The Morgan fingerprint density at radius 3 is 2.20 bits per heavy atom. The molecule has 4 amide bonds. The Labute approximate surface area is 152 Å². The van der Waals surface area contributed by atoms with E-state index in [2.05, 4.69) is 15.9 Å². The summed E-state index contributed by atoms with van der Waals surface area (Å²) in [6.07, 6.45) is 1.41. The quantitative estimate of drug-likeness (QED) is 0.610. The molecule has 1 fully saturated rings. The summed E-state index contributed by atoms with van der Waals surface area (Å²) >= 11 is 3.46. The largest absolute Gasteiger partial charge is 0.489 e. The van der Waals surface area contributed by atoms with Gasteiger partial charge in [-0.15, -0.1) is 0 Å². The van der Waals surface area contributed by atoms with Crippen LogP contribution < -0.4 is 15.4 Å². The van der Waals surface area contributed by atoms with E-state index < -0.39 is 17.8 Å². The van der Waals surface area contributed by atoms with E-state index in [9.17, 15) is 14.4 Å². The highest BCUT2D eigenvalue weighted by atomic mass is 79.9. The first-order valence-corrected chi connectivity index (χ1v) is 8.17. The predicted octanol–water partition coefficient (Wildman–Crippen LogP) is 2.78. The van der Waals surface area contributed by atoms with E-state index in [1.165, 1.54) is 6.08 Å². The molecule has 3 rings (SSSR count). The molecule has 2 aromatic carbocycles. The molecule has 1 aliphatic heterocycles. The molecule has 0 aromatic heterocycles. The normalized spacial score (nSPS) is 14.0. The molecule has 0 spiro atoms. The van der Waals surface area contributed by atoms with Crippen molar-refractivity contribution in [3.05, 3.63) is 69.7 Å². The monoisotopic (exact) mass is 400 g/mol. The Bertz CT molecular complexity index is 853. The molecule has 126 valence electrons. The minimum absolute atomic E-state index is 0.124. The van der Waals surface area contributed by atoms with E-state index >= 15 is 0 Å². The van der Waals surface area contributed by atoms with E-state index in [1.807, 2.05) is 34.9 Å². The van der Waals surface area contributed by atoms with Crippen LogP contribution >= 0.6 is 15.9 Å². The van der Waals surface area contributed by atoms with Gasteiger partial charge in [0.2, 0.25) is 0 Å². The number of carbonyl (C=O) groups is 3. The summed E-state index contributed by atoms with van der Waals surface area (Å²) in [5.41, 5.74) is 1.54. The SMILES string of the molecule is O=C1NC(=O)C(=Cc2ccc(OCc3ccccc3Br)cc2)C(=O)N1. The lowest BCUT2D eigenvalue weighted by Gasteiger charge is -2.14. The third-order valence-corrected chi connectivity index (χ3v) is 4.26. The third-order valence-electron chi connectivity index (χ3n) is 3.49. The van der Waals surface area contributed by atoms with E-state index in [0.29, 0.717) is 17.9 Å². The zero-order chi connectivity index (χ0) is 17.8. The first-order valence-electron chi connectivity index (χ1n) is 7.37. The molecule has 2 aromatic rings. The Kier molecular flexibility index (Phi) is 4.95. The molecule has 25 heavy (non-hydrogen) atoms. The summed E-state index contributed by atoms with van der Waals surface area (Å²) in [4.78, 5) is 34.4. The van der Waals surface area contributed by atoms with Crippen molar-refractivity contribution in [1.29, 1.82) is 0 Å². The average Bonchev–Trinajstić information content (AvgIpc) is 2.58. The fourth-order valence-corrected chi connectivity index (χ4v) is 2.61. The molecule has 1 heterocycles. The van der Waals surface area contributed by atoms with Gasteiger partial charge < -0.3 is 4.74 Å². The lowest BCUT2D eigenvalue weighted by Crippen LogP contribution is -2.51. The number of imide groups is 2. The average molecular weight is 401 g/mol. The number of urea groups is 1. The van der Waals surface area contributed by atoms with E-state index in [4.69, 9.17) is 4.74 Å². The van der Waals surface area contributed by atoms with Crippen molar-refractivity contribution in [2.24, 2.45) is 0 Å². The summed E-state index contributed by atoms with van der Waals surface area (Å²) in [6.45, 7) is 0.411. The molecule has 0 atom stereocenters. The fraction of sp³-hybridized carbons (Fsp3) is 0.0556. The molecular weight excluding hydrogens is 388 g/mol. The van der Waals surface area contributed by atoms with Crippen LogP contribution in [0.3, 0.4) is 0 Å². The minimum Gasteiger partial charge on any atom is -0.489 e. The van der Waals surface area contributed by atoms with Crippen LogP contribution in [-0.4, -0.2) is 17.8 Å². The molecule has 0 saturated carbocycles. The maximum atomic E-state index is 11.7. The van der Waals surface area contributed by atoms with Crippen molar-refractivity contribution >= 4 is 39.9 Å². The number of nitrogens with one attached hydrogen (secondary N) is 2. The van der Waals surface area contributed by atoms with Crippen LogP contribution in [0.1, 0.15) is 11.1 Å². The molecule has 1 aliphatic rings. The molecule has 7 heteroatoms. The zero-order valence-corrected chi connectivity index (χ0v) is 14.5. The summed E-state index contributed by atoms with van der Waals surface area (Å²) in [6, 6.07) is 13.9. The molecule has 2 N–H and O–H groups in total. The standard InChI is InChI=1S/C18H13BrN2O4/c19-15-4-2-1-3-12(15)10-25-13-7-5-11(6-8-13)9-14-16(22)20-18(24)21-17(14)23/h1-9H,10H2,(H2,20,21,22,23,24). The molecule has 0 bridgehead atoms. The Morgan fingerprint density at radius 2 is 1.56 bits per heavy atom. The van der Waals surface area contributed by atoms with Crippen LogP contribution in [0.25, 0.3) is 6.08 Å².